The fourth-order valence-corrected chi connectivity index (χ4v) is 4.89. The second kappa shape index (κ2) is 12.2. The van der Waals surface area contributed by atoms with Gasteiger partial charge in [-0.3, -0.25) is 4.79 Å². The molecule has 12 heteroatoms. The summed E-state index contributed by atoms with van der Waals surface area (Å²) in [6, 6.07) is 3.35. The Balaban J connectivity index is 2.46. The Morgan fingerprint density at radius 1 is 1.09 bits per heavy atom. The van der Waals surface area contributed by atoms with Crippen molar-refractivity contribution in [3.63, 3.8) is 0 Å². The molecule has 0 radical (unpaired) electrons. The highest BCUT2D eigenvalue weighted by Crippen LogP contribution is 2.45. The van der Waals surface area contributed by atoms with Gasteiger partial charge in [0.15, 0.2) is 21.3 Å². The third-order valence-electron chi connectivity index (χ3n) is 4.90. The maximum Gasteiger partial charge on any atom is 0.323 e. The van der Waals surface area contributed by atoms with E-state index in [0.717, 1.165) is 0 Å². The molecule has 2 rings (SSSR count). The lowest BCUT2D eigenvalue weighted by Gasteiger charge is -2.18. The van der Waals surface area contributed by atoms with E-state index in [1.165, 1.54) is 52.7 Å². The van der Waals surface area contributed by atoms with Crippen LogP contribution in [0.25, 0.3) is 6.08 Å². The van der Waals surface area contributed by atoms with Gasteiger partial charge in [0.05, 0.1) is 39.9 Å². The number of aromatic nitrogens is 1. The molecule has 0 aliphatic heterocycles. The van der Waals surface area contributed by atoms with Gasteiger partial charge in [-0.2, -0.15) is 0 Å². The molecule has 1 unspecified atom stereocenters. The number of rotatable bonds is 13. The number of carbonyl (C=O) groups is 2. The van der Waals surface area contributed by atoms with Crippen LogP contribution in [0, 0.1) is 0 Å². The Morgan fingerprint density at radius 2 is 1.74 bits per heavy atom. The monoisotopic (exact) mass is 508 g/mol. The molecule has 1 atom stereocenters. The molecular weight excluding hydrogens is 480 g/mol. The van der Waals surface area contributed by atoms with Gasteiger partial charge < -0.3 is 34.2 Å². The number of esters is 1. The minimum absolute atomic E-state index is 0.0337. The Hall–Kier alpha value is -3.64. The first kappa shape index (κ1) is 27.6. The van der Waals surface area contributed by atoms with E-state index < -0.39 is 27.6 Å². The molecule has 0 spiro atoms. The van der Waals surface area contributed by atoms with Crippen molar-refractivity contribution in [3.05, 3.63) is 41.7 Å². The number of hydrogen-bond donors (Lipinski definition) is 1. The van der Waals surface area contributed by atoms with Crippen LogP contribution in [0.3, 0.4) is 0 Å². The number of nitrogens with two attached hydrogens (primary N) is 1. The summed E-state index contributed by atoms with van der Waals surface area (Å²) in [5.41, 5.74) is 6.15. The summed E-state index contributed by atoms with van der Waals surface area (Å²) in [7, 11) is 1.44. The maximum atomic E-state index is 13.5. The number of nitrogens with zero attached hydrogens (tertiary/aromatic N) is 1. The van der Waals surface area contributed by atoms with Crippen molar-refractivity contribution < 1.29 is 41.7 Å². The number of benzene rings is 1. The lowest BCUT2D eigenvalue weighted by molar-refractivity contribution is -0.147. The molecule has 190 valence electrons. The SMILES string of the molecule is C=Cc1cc(OC)c(OC)c(OC)c1S(=O)(=O)Cc1ccc(OC)c(COC(=O)C(N)CC=O)n1. The molecule has 1 heterocycles. The van der Waals surface area contributed by atoms with E-state index in [9.17, 15) is 18.0 Å². The van der Waals surface area contributed by atoms with Gasteiger partial charge in [-0.1, -0.05) is 12.7 Å². The minimum Gasteiger partial charge on any atom is -0.495 e. The van der Waals surface area contributed by atoms with E-state index in [-0.39, 0.29) is 57.9 Å². The van der Waals surface area contributed by atoms with Crippen LogP contribution >= 0.6 is 0 Å². The molecule has 1 aromatic heterocycles. The molecular formula is C23H28N2O9S. The summed E-state index contributed by atoms with van der Waals surface area (Å²) in [6.45, 7) is 3.36. The van der Waals surface area contributed by atoms with Crippen molar-refractivity contribution in [1.29, 1.82) is 0 Å². The average Bonchev–Trinajstić information content (AvgIpc) is 2.85. The third-order valence-corrected chi connectivity index (χ3v) is 6.61. The Bertz CT molecular complexity index is 1200. The lowest BCUT2D eigenvalue weighted by Crippen LogP contribution is -2.32. The Labute approximate surface area is 203 Å². The first-order valence-corrected chi connectivity index (χ1v) is 11.9. The Kier molecular flexibility index (Phi) is 9.60. The van der Waals surface area contributed by atoms with Crippen LogP contribution in [0.5, 0.6) is 23.0 Å². The number of aldehydes is 1. The largest absolute Gasteiger partial charge is 0.495 e. The van der Waals surface area contributed by atoms with Crippen molar-refractivity contribution in [3.8, 4) is 23.0 Å². The molecule has 0 aliphatic rings. The fraction of sp³-hybridized carbons (Fsp3) is 0.348. The molecule has 35 heavy (non-hydrogen) atoms. The van der Waals surface area contributed by atoms with Crippen LogP contribution in [0.2, 0.25) is 0 Å². The molecule has 0 amide bonds. The highest BCUT2D eigenvalue weighted by molar-refractivity contribution is 7.90. The molecule has 2 N–H and O–H groups in total. The highest BCUT2D eigenvalue weighted by Gasteiger charge is 2.30. The minimum atomic E-state index is -4.05. The molecule has 0 fully saturated rings. The first-order valence-electron chi connectivity index (χ1n) is 10.2. The van der Waals surface area contributed by atoms with Crippen molar-refractivity contribution in [2.45, 2.75) is 29.7 Å². The zero-order valence-corrected chi connectivity index (χ0v) is 20.7. The summed E-state index contributed by atoms with van der Waals surface area (Å²) < 4.78 is 53.3. The van der Waals surface area contributed by atoms with Crippen LogP contribution in [-0.4, -0.2) is 60.1 Å². The number of ether oxygens (including phenoxy) is 5. The number of methoxy groups -OCH3 is 4. The van der Waals surface area contributed by atoms with E-state index in [2.05, 4.69) is 11.6 Å². The number of pyridine rings is 1. The average molecular weight is 509 g/mol. The van der Waals surface area contributed by atoms with E-state index in [1.807, 2.05) is 0 Å². The zero-order valence-electron chi connectivity index (χ0n) is 19.9. The predicted octanol–water partition coefficient (Wildman–Crippen LogP) is 1.69. The van der Waals surface area contributed by atoms with E-state index in [0.29, 0.717) is 6.29 Å². The Morgan fingerprint density at radius 3 is 2.29 bits per heavy atom. The number of sulfone groups is 1. The van der Waals surface area contributed by atoms with Gasteiger partial charge in [-0.15, -0.1) is 0 Å². The molecule has 0 saturated heterocycles. The van der Waals surface area contributed by atoms with Crippen molar-refractivity contribution in [1.82, 2.24) is 4.98 Å². The van der Waals surface area contributed by atoms with Gasteiger partial charge in [0.25, 0.3) is 0 Å². The van der Waals surface area contributed by atoms with Crippen molar-refractivity contribution >= 4 is 28.2 Å². The molecule has 0 aliphatic carbocycles. The van der Waals surface area contributed by atoms with E-state index in [1.54, 1.807) is 0 Å². The maximum absolute atomic E-state index is 13.5. The second-order valence-corrected chi connectivity index (χ2v) is 9.02. The van der Waals surface area contributed by atoms with Crippen LogP contribution in [-0.2, 0) is 36.5 Å². The first-order chi connectivity index (χ1) is 16.7. The van der Waals surface area contributed by atoms with E-state index in [4.69, 9.17) is 29.4 Å². The lowest BCUT2D eigenvalue weighted by atomic mass is 10.1. The van der Waals surface area contributed by atoms with Crippen LogP contribution in [0.1, 0.15) is 23.4 Å². The summed E-state index contributed by atoms with van der Waals surface area (Å²) in [6.07, 6.45) is 1.68. The predicted molar refractivity (Wildman–Crippen MR) is 126 cm³/mol. The molecule has 0 saturated carbocycles. The van der Waals surface area contributed by atoms with Crippen LogP contribution < -0.4 is 24.7 Å². The summed E-state index contributed by atoms with van der Waals surface area (Å²) in [5.74, 6) is -0.689. The summed E-state index contributed by atoms with van der Waals surface area (Å²) in [5, 5.41) is 0. The van der Waals surface area contributed by atoms with Gasteiger partial charge in [-0.05, 0) is 18.2 Å². The van der Waals surface area contributed by atoms with Crippen molar-refractivity contribution in [2.75, 3.05) is 28.4 Å². The standard InChI is InChI=1S/C23H28N2O9S/c1-6-14-11-19(31-3)20(32-4)21(33-5)22(14)35(28,29)13-15-7-8-18(30-2)17(25-15)12-34-23(27)16(24)9-10-26/h6-8,10-11,16H,1,9,12-13,24H2,2-5H3. The van der Waals surface area contributed by atoms with Gasteiger partial charge in [0, 0.05) is 12.0 Å². The zero-order chi connectivity index (χ0) is 26.2. The van der Waals surface area contributed by atoms with Crippen LogP contribution in [0.15, 0.2) is 29.7 Å². The molecule has 11 nitrogen and oxygen atoms in total. The molecule has 1 aromatic carbocycles. The van der Waals surface area contributed by atoms with Gasteiger partial charge in [0.1, 0.15) is 35.3 Å². The normalized spacial score (nSPS) is 11.8. The second-order valence-electron chi connectivity index (χ2n) is 7.10. The molecule has 0 bridgehead atoms. The number of hydrogen-bond acceptors (Lipinski definition) is 11. The topological polar surface area (TPSA) is 153 Å². The van der Waals surface area contributed by atoms with Gasteiger partial charge in [-0.25, -0.2) is 13.4 Å². The van der Waals surface area contributed by atoms with E-state index >= 15 is 0 Å². The number of carbonyl (C=O) groups excluding carboxylic acids is 2. The third kappa shape index (κ3) is 6.28. The van der Waals surface area contributed by atoms with Crippen molar-refractivity contribution in [2.24, 2.45) is 5.73 Å². The molecule has 2 aromatic rings. The quantitative estimate of drug-likeness (QED) is 0.310. The van der Waals surface area contributed by atoms with Gasteiger partial charge in [0.2, 0.25) is 5.75 Å². The summed E-state index contributed by atoms with van der Waals surface area (Å²) >= 11 is 0. The summed E-state index contributed by atoms with van der Waals surface area (Å²) in [4.78, 5) is 26.7. The van der Waals surface area contributed by atoms with Crippen LogP contribution in [0.4, 0.5) is 0 Å². The van der Waals surface area contributed by atoms with Gasteiger partial charge >= 0.3 is 5.97 Å². The smallest absolute Gasteiger partial charge is 0.323 e. The highest BCUT2D eigenvalue weighted by atomic mass is 32.2. The fourth-order valence-electron chi connectivity index (χ4n) is 3.24.